The third kappa shape index (κ3) is 5.64. The number of carboxylic acids is 1. The summed E-state index contributed by atoms with van der Waals surface area (Å²) in [6.45, 7) is 8.61. The maximum Gasteiger partial charge on any atom is 0.337 e. The van der Waals surface area contributed by atoms with E-state index in [9.17, 15) is 19.5 Å². The minimum Gasteiger partial charge on any atom is -0.478 e. The summed E-state index contributed by atoms with van der Waals surface area (Å²) in [5, 5.41) is 12.4. The van der Waals surface area contributed by atoms with E-state index in [4.69, 9.17) is 0 Å². The van der Waals surface area contributed by atoms with Crippen LogP contribution in [0.15, 0.2) is 48.5 Å². The van der Waals surface area contributed by atoms with Crippen LogP contribution in [0.4, 0.5) is 11.4 Å². The van der Waals surface area contributed by atoms with Crippen molar-refractivity contribution in [3.05, 3.63) is 59.7 Å². The first kappa shape index (κ1) is 23.3. The van der Waals surface area contributed by atoms with Crippen molar-refractivity contribution < 1.29 is 19.5 Å². The molecule has 1 saturated heterocycles. The van der Waals surface area contributed by atoms with E-state index in [1.165, 1.54) is 0 Å². The monoisotopic (exact) mass is 438 g/mol. The molecule has 3 rings (SSSR count). The number of likely N-dealkylation sites (N-methyl/N-ethyl adjacent to an activating group) is 1. The molecular weight excluding hydrogens is 408 g/mol. The molecule has 1 heterocycles. The van der Waals surface area contributed by atoms with Gasteiger partial charge in [-0.15, -0.1) is 0 Å². The number of hydrogen-bond donors (Lipinski definition) is 2. The molecule has 2 N–H and O–H groups in total. The maximum absolute atomic E-state index is 12.4. The number of carboxylic acid groups (broad SMARTS) is 1. The molecule has 2 aromatic rings. The largest absolute Gasteiger partial charge is 0.478 e. The van der Waals surface area contributed by atoms with Crippen molar-refractivity contribution in [3.63, 3.8) is 0 Å². The molecular formula is C24H30N4O4. The molecule has 32 heavy (non-hydrogen) atoms. The van der Waals surface area contributed by atoms with Crippen molar-refractivity contribution >= 4 is 29.2 Å². The van der Waals surface area contributed by atoms with Crippen LogP contribution in [0.25, 0.3) is 0 Å². The predicted molar refractivity (Wildman–Crippen MR) is 124 cm³/mol. The average molecular weight is 439 g/mol. The second-order valence-corrected chi connectivity index (χ2v) is 7.68. The Kier molecular flexibility index (Phi) is 7.83. The van der Waals surface area contributed by atoms with Crippen molar-refractivity contribution in [2.45, 2.75) is 13.8 Å². The molecule has 2 amide bonds. The Morgan fingerprint density at radius 1 is 0.969 bits per heavy atom. The summed E-state index contributed by atoms with van der Waals surface area (Å²) in [7, 11) is 0. The Morgan fingerprint density at radius 3 is 2.22 bits per heavy atom. The van der Waals surface area contributed by atoms with Crippen LogP contribution < -0.4 is 10.2 Å². The van der Waals surface area contributed by atoms with Gasteiger partial charge in [-0.1, -0.05) is 18.2 Å². The Morgan fingerprint density at radius 2 is 1.62 bits per heavy atom. The molecule has 0 spiro atoms. The van der Waals surface area contributed by atoms with Crippen molar-refractivity contribution in [2.75, 3.05) is 56.0 Å². The van der Waals surface area contributed by atoms with Gasteiger partial charge in [-0.25, -0.2) is 4.79 Å². The Balaban J connectivity index is 1.65. The van der Waals surface area contributed by atoms with Gasteiger partial charge in [0.05, 0.1) is 17.8 Å². The van der Waals surface area contributed by atoms with E-state index in [-0.39, 0.29) is 23.1 Å². The number of hydrogen-bond acceptors (Lipinski definition) is 5. The van der Waals surface area contributed by atoms with Crippen molar-refractivity contribution in [1.82, 2.24) is 9.80 Å². The van der Waals surface area contributed by atoms with Crippen LogP contribution in [-0.4, -0.2) is 78.5 Å². The molecule has 8 nitrogen and oxygen atoms in total. The number of benzene rings is 2. The lowest BCUT2D eigenvalue weighted by Crippen LogP contribution is -2.50. The highest BCUT2D eigenvalue weighted by Gasteiger charge is 2.22. The summed E-state index contributed by atoms with van der Waals surface area (Å²) in [4.78, 5) is 42.7. The third-order valence-corrected chi connectivity index (χ3v) is 5.73. The van der Waals surface area contributed by atoms with Crippen LogP contribution >= 0.6 is 0 Å². The number of nitrogens with one attached hydrogen (secondary N) is 1. The summed E-state index contributed by atoms with van der Waals surface area (Å²) in [5.74, 6) is -1.32. The molecule has 0 saturated carbocycles. The van der Waals surface area contributed by atoms with Gasteiger partial charge in [0.25, 0.3) is 5.91 Å². The lowest BCUT2D eigenvalue weighted by molar-refractivity contribution is -0.132. The van der Waals surface area contributed by atoms with Gasteiger partial charge in [0.2, 0.25) is 5.91 Å². The zero-order chi connectivity index (χ0) is 23.1. The number of carbonyl (C=O) groups excluding carboxylic acids is 2. The van der Waals surface area contributed by atoms with Gasteiger partial charge in [0.1, 0.15) is 0 Å². The SMILES string of the molecule is CCN(CC)C(=O)CN1CCN(c2ccc(NC(=O)c3ccccc3)c(C(=O)O)c2)CC1. The van der Waals surface area contributed by atoms with E-state index in [1.807, 2.05) is 30.9 Å². The number of carbonyl (C=O) groups is 3. The highest BCUT2D eigenvalue weighted by Crippen LogP contribution is 2.25. The first-order valence-corrected chi connectivity index (χ1v) is 10.9. The zero-order valence-electron chi connectivity index (χ0n) is 18.6. The fourth-order valence-corrected chi connectivity index (χ4v) is 3.83. The van der Waals surface area contributed by atoms with Gasteiger partial charge >= 0.3 is 5.97 Å². The Bertz CT molecular complexity index is 952. The smallest absolute Gasteiger partial charge is 0.337 e. The minimum absolute atomic E-state index is 0.0471. The molecule has 1 aliphatic rings. The van der Waals surface area contributed by atoms with E-state index < -0.39 is 5.97 Å². The number of aromatic carboxylic acids is 1. The molecule has 0 aliphatic carbocycles. The summed E-state index contributed by atoms with van der Waals surface area (Å²) < 4.78 is 0. The molecule has 1 aliphatic heterocycles. The molecule has 8 heteroatoms. The van der Waals surface area contributed by atoms with Crippen LogP contribution in [0, 0.1) is 0 Å². The molecule has 0 radical (unpaired) electrons. The fourth-order valence-electron chi connectivity index (χ4n) is 3.83. The minimum atomic E-state index is -1.10. The van der Waals surface area contributed by atoms with Gasteiger partial charge in [0, 0.05) is 50.5 Å². The lowest BCUT2D eigenvalue weighted by Gasteiger charge is -2.36. The number of rotatable bonds is 8. The maximum atomic E-state index is 12.4. The van der Waals surface area contributed by atoms with Crippen LogP contribution in [0.1, 0.15) is 34.6 Å². The van der Waals surface area contributed by atoms with Gasteiger partial charge in [-0.2, -0.15) is 0 Å². The number of amides is 2. The van der Waals surface area contributed by atoms with Crippen molar-refractivity contribution in [3.8, 4) is 0 Å². The first-order valence-electron chi connectivity index (χ1n) is 10.9. The topological polar surface area (TPSA) is 93.2 Å². The van der Waals surface area contributed by atoms with E-state index in [0.29, 0.717) is 38.3 Å². The highest BCUT2D eigenvalue weighted by molar-refractivity contribution is 6.08. The van der Waals surface area contributed by atoms with Gasteiger partial charge < -0.3 is 20.2 Å². The quantitative estimate of drug-likeness (QED) is 0.658. The van der Waals surface area contributed by atoms with Gasteiger partial charge in [-0.3, -0.25) is 14.5 Å². The molecule has 0 atom stereocenters. The number of anilines is 2. The highest BCUT2D eigenvalue weighted by atomic mass is 16.4. The summed E-state index contributed by atoms with van der Waals surface area (Å²) in [6.07, 6.45) is 0. The molecule has 1 fully saturated rings. The Hall–Kier alpha value is -3.39. The zero-order valence-corrected chi connectivity index (χ0v) is 18.6. The number of nitrogens with zero attached hydrogens (tertiary/aromatic N) is 3. The van der Waals surface area contributed by atoms with Gasteiger partial charge in [-0.05, 0) is 44.2 Å². The van der Waals surface area contributed by atoms with Crippen LogP contribution in [-0.2, 0) is 4.79 Å². The molecule has 0 aromatic heterocycles. The third-order valence-electron chi connectivity index (χ3n) is 5.73. The van der Waals surface area contributed by atoms with Crippen LogP contribution in [0.2, 0.25) is 0 Å². The lowest BCUT2D eigenvalue weighted by atomic mass is 10.1. The standard InChI is InChI=1S/C24H30N4O4/c1-3-27(4-2)22(29)17-26-12-14-28(15-13-26)19-10-11-21(20(16-19)24(31)32)25-23(30)18-8-6-5-7-9-18/h5-11,16H,3-4,12-15,17H2,1-2H3,(H,25,30)(H,31,32). The van der Waals surface area contributed by atoms with E-state index in [0.717, 1.165) is 18.8 Å². The van der Waals surface area contributed by atoms with Gasteiger partial charge in [0.15, 0.2) is 0 Å². The van der Waals surface area contributed by atoms with E-state index in [2.05, 4.69) is 15.1 Å². The fraction of sp³-hybridized carbons (Fsp3) is 0.375. The van der Waals surface area contributed by atoms with Crippen LogP contribution in [0.5, 0.6) is 0 Å². The van der Waals surface area contributed by atoms with E-state index >= 15 is 0 Å². The number of piperazine rings is 1. The molecule has 0 unspecified atom stereocenters. The van der Waals surface area contributed by atoms with Crippen LogP contribution in [0.3, 0.4) is 0 Å². The average Bonchev–Trinajstić information content (AvgIpc) is 2.81. The summed E-state index contributed by atoms with van der Waals surface area (Å²) >= 11 is 0. The van der Waals surface area contributed by atoms with E-state index in [1.54, 1.807) is 36.4 Å². The normalized spacial score (nSPS) is 14.1. The van der Waals surface area contributed by atoms with Crippen molar-refractivity contribution in [1.29, 1.82) is 0 Å². The van der Waals surface area contributed by atoms with Crippen molar-refractivity contribution in [2.24, 2.45) is 0 Å². The Labute approximate surface area is 188 Å². The molecule has 170 valence electrons. The molecule has 2 aromatic carbocycles. The summed E-state index contributed by atoms with van der Waals surface area (Å²) in [5.41, 5.74) is 1.56. The second kappa shape index (κ2) is 10.8. The second-order valence-electron chi connectivity index (χ2n) is 7.68. The predicted octanol–water partition coefficient (Wildman–Crippen LogP) is 2.63. The first-order chi connectivity index (χ1) is 15.4. The molecule has 0 bridgehead atoms. The summed E-state index contributed by atoms with van der Waals surface area (Å²) in [6, 6.07) is 13.7.